The van der Waals surface area contributed by atoms with E-state index in [2.05, 4.69) is 36.2 Å². The first-order valence-corrected chi connectivity index (χ1v) is 12.8. The number of aromatic carboxylic acids is 1. The molecule has 2 aromatic heterocycles. The largest absolute Gasteiger partial charge is 0.478 e. The Labute approximate surface area is 220 Å². The smallest absolute Gasteiger partial charge is 0.337 e. The summed E-state index contributed by atoms with van der Waals surface area (Å²) in [5.41, 5.74) is 2.67. The molecule has 1 aromatic carbocycles. The molecule has 1 fully saturated rings. The first kappa shape index (κ1) is 26.2. The van der Waals surface area contributed by atoms with E-state index in [1.54, 1.807) is 35.0 Å². The maximum atomic E-state index is 13.4. The van der Waals surface area contributed by atoms with E-state index in [-0.39, 0.29) is 29.5 Å². The Bertz CT molecular complexity index is 1260. The van der Waals surface area contributed by atoms with Gasteiger partial charge in [0.15, 0.2) is 0 Å². The normalized spacial score (nSPS) is 18.1. The molecular weight excluding hydrogens is 499 g/mol. The molecule has 0 radical (unpaired) electrons. The third-order valence-corrected chi connectivity index (χ3v) is 7.64. The number of carbonyl (C=O) groups excluding carboxylic acids is 1. The molecule has 0 bridgehead atoms. The molecule has 0 spiro atoms. The van der Waals surface area contributed by atoms with Crippen molar-refractivity contribution in [3.05, 3.63) is 69.6 Å². The number of carboxylic acid groups (broad SMARTS) is 1. The van der Waals surface area contributed by atoms with Crippen LogP contribution in [0.1, 0.15) is 73.0 Å². The van der Waals surface area contributed by atoms with Gasteiger partial charge in [0.1, 0.15) is 5.69 Å². The summed E-state index contributed by atoms with van der Waals surface area (Å²) in [6.07, 6.45) is 5.36. The third-order valence-electron chi connectivity index (χ3n) is 6.90. The van der Waals surface area contributed by atoms with Crippen LogP contribution in [0.25, 0.3) is 11.3 Å². The molecule has 1 aliphatic rings. The Morgan fingerprint density at radius 3 is 2.36 bits per heavy atom. The highest BCUT2D eigenvalue weighted by Gasteiger charge is 2.31. The number of pyridine rings is 1. The van der Waals surface area contributed by atoms with E-state index in [0.717, 1.165) is 31.2 Å². The van der Waals surface area contributed by atoms with Crippen LogP contribution in [0.15, 0.2) is 42.6 Å². The highest BCUT2D eigenvalue weighted by molar-refractivity contribution is 6.42. The van der Waals surface area contributed by atoms with E-state index in [0.29, 0.717) is 33.0 Å². The van der Waals surface area contributed by atoms with Crippen molar-refractivity contribution in [1.82, 2.24) is 20.1 Å². The molecule has 0 aliphatic heterocycles. The predicted molar refractivity (Wildman–Crippen MR) is 141 cm³/mol. The van der Waals surface area contributed by atoms with Gasteiger partial charge in [0, 0.05) is 17.8 Å². The van der Waals surface area contributed by atoms with E-state index in [1.807, 2.05) is 0 Å². The fraction of sp³-hybridized carbons (Fsp3) is 0.407. The van der Waals surface area contributed by atoms with Crippen molar-refractivity contribution < 1.29 is 14.7 Å². The van der Waals surface area contributed by atoms with Gasteiger partial charge >= 0.3 is 5.97 Å². The molecule has 1 amide bonds. The zero-order chi connectivity index (χ0) is 26.0. The molecule has 2 N–H and O–H groups in total. The summed E-state index contributed by atoms with van der Waals surface area (Å²) in [5.74, 6) is -0.594. The SMILES string of the molecule is CC(C)(C)[C@H]1CC[C@@H](NC(=O)c2cc(-c3ccc(Cl)c(Cl)c3)nn2Cc2ccc(C(=O)O)cn2)CC1. The van der Waals surface area contributed by atoms with Gasteiger partial charge in [-0.25, -0.2) is 4.79 Å². The molecule has 190 valence electrons. The second-order valence-corrected chi connectivity index (χ2v) is 11.2. The highest BCUT2D eigenvalue weighted by atomic mass is 35.5. The van der Waals surface area contributed by atoms with Crippen LogP contribution >= 0.6 is 23.2 Å². The summed E-state index contributed by atoms with van der Waals surface area (Å²) >= 11 is 12.3. The predicted octanol–water partition coefficient (Wildman–Crippen LogP) is 6.33. The van der Waals surface area contributed by atoms with Gasteiger partial charge in [-0.2, -0.15) is 5.10 Å². The van der Waals surface area contributed by atoms with Crippen LogP contribution in [-0.4, -0.2) is 37.8 Å². The van der Waals surface area contributed by atoms with Gasteiger partial charge in [0.05, 0.1) is 33.5 Å². The van der Waals surface area contributed by atoms with Crippen molar-refractivity contribution >= 4 is 35.1 Å². The van der Waals surface area contributed by atoms with Gasteiger partial charge in [0.2, 0.25) is 0 Å². The van der Waals surface area contributed by atoms with Crippen molar-refractivity contribution in [1.29, 1.82) is 0 Å². The second kappa shape index (κ2) is 10.6. The van der Waals surface area contributed by atoms with Crippen LogP contribution in [0.4, 0.5) is 0 Å². The van der Waals surface area contributed by atoms with Gasteiger partial charge in [-0.3, -0.25) is 14.5 Å². The molecule has 9 heteroatoms. The minimum absolute atomic E-state index is 0.0968. The number of carbonyl (C=O) groups is 2. The van der Waals surface area contributed by atoms with E-state index in [4.69, 9.17) is 28.3 Å². The molecule has 36 heavy (non-hydrogen) atoms. The summed E-state index contributed by atoms with van der Waals surface area (Å²) in [7, 11) is 0. The third kappa shape index (κ3) is 6.08. The molecule has 1 aliphatic carbocycles. The molecule has 0 unspecified atom stereocenters. The number of benzene rings is 1. The molecule has 4 rings (SSSR count). The first-order valence-electron chi connectivity index (χ1n) is 12.0. The van der Waals surface area contributed by atoms with Gasteiger partial charge in [-0.05, 0) is 67.3 Å². The lowest BCUT2D eigenvalue weighted by Gasteiger charge is -2.37. The average molecular weight is 529 g/mol. The molecule has 0 atom stereocenters. The maximum absolute atomic E-state index is 13.4. The molecule has 7 nitrogen and oxygen atoms in total. The minimum Gasteiger partial charge on any atom is -0.478 e. The first-order chi connectivity index (χ1) is 17.0. The quantitative estimate of drug-likeness (QED) is 0.389. The van der Waals surface area contributed by atoms with Crippen molar-refractivity contribution in [2.75, 3.05) is 0 Å². The van der Waals surface area contributed by atoms with E-state index >= 15 is 0 Å². The van der Waals surface area contributed by atoms with Crippen molar-refractivity contribution in [2.24, 2.45) is 11.3 Å². The fourth-order valence-corrected chi connectivity index (χ4v) is 4.98. The van der Waals surface area contributed by atoms with Crippen LogP contribution < -0.4 is 5.32 Å². The number of hydrogen-bond donors (Lipinski definition) is 2. The van der Waals surface area contributed by atoms with Gasteiger partial charge in [-0.15, -0.1) is 0 Å². The minimum atomic E-state index is -1.05. The number of halogens is 2. The molecular formula is C27H30Cl2N4O3. The van der Waals surface area contributed by atoms with Crippen molar-refractivity contribution in [3.63, 3.8) is 0 Å². The zero-order valence-corrected chi connectivity index (χ0v) is 22.1. The molecule has 0 saturated heterocycles. The van der Waals surface area contributed by atoms with Crippen molar-refractivity contribution in [2.45, 2.75) is 59.0 Å². The second-order valence-electron chi connectivity index (χ2n) is 10.4. The van der Waals surface area contributed by atoms with Gasteiger partial charge in [0.25, 0.3) is 5.91 Å². The maximum Gasteiger partial charge on any atom is 0.337 e. The summed E-state index contributed by atoms with van der Waals surface area (Å²) in [6.45, 7) is 7.03. The lowest BCUT2D eigenvalue weighted by molar-refractivity contribution is 0.0696. The Morgan fingerprint density at radius 1 is 1.06 bits per heavy atom. The van der Waals surface area contributed by atoms with Crippen LogP contribution in [0, 0.1) is 11.3 Å². The van der Waals surface area contributed by atoms with Gasteiger partial charge in [-0.1, -0.05) is 50.0 Å². The zero-order valence-electron chi connectivity index (χ0n) is 20.6. The summed E-state index contributed by atoms with van der Waals surface area (Å²) in [6, 6.07) is 10.2. The number of hydrogen-bond acceptors (Lipinski definition) is 4. The number of rotatable bonds is 6. The number of carboxylic acids is 1. The number of amides is 1. The summed E-state index contributed by atoms with van der Waals surface area (Å²) in [5, 5.41) is 17.8. The molecule has 1 saturated carbocycles. The lowest BCUT2D eigenvalue weighted by Crippen LogP contribution is -2.40. The number of aromatic nitrogens is 3. The number of nitrogens with one attached hydrogen (secondary N) is 1. The van der Waals surface area contributed by atoms with E-state index in [1.165, 1.54) is 12.3 Å². The van der Waals surface area contributed by atoms with Crippen LogP contribution in [0.3, 0.4) is 0 Å². The van der Waals surface area contributed by atoms with Crippen LogP contribution in [0.5, 0.6) is 0 Å². The standard InChI is InChI=1S/C27H30Cl2N4O3/c1-27(2,3)18-6-9-19(10-7-18)31-25(34)24-13-23(16-5-11-21(28)22(29)12-16)32-33(24)15-20-8-4-17(14-30-20)26(35)36/h4-5,8,11-14,18-19H,6-7,9-10,15H2,1-3H3,(H,31,34)(H,35,36)/t18-,19+. The Balaban J connectivity index is 1.58. The summed E-state index contributed by atoms with van der Waals surface area (Å²) < 4.78 is 1.59. The van der Waals surface area contributed by atoms with E-state index in [9.17, 15) is 9.59 Å². The highest BCUT2D eigenvalue weighted by Crippen LogP contribution is 2.38. The fourth-order valence-electron chi connectivity index (χ4n) is 4.68. The van der Waals surface area contributed by atoms with Gasteiger partial charge < -0.3 is 10.4 Å². The number of nitrogens with zero attached hydrogens (tertiary/aromatic N) is 3. The molecule has 3 aromatic rings. The lowest BCUT2D eigenvalue weighted by atomic mass is 9.71. The topological polar surface area (TPSA) is 97.1 Å². The van der Waals surface area contributed by atoms with Crippen LogP contribution in [-0.2, 0) is 6.54 Å². The van der Waals surface area contributed by atoms with Crippen LogP contribution in [0.2, 0.25) is 10.0 Å². The Morgan fingerprint density at radius 2 is 1.78 bits per heavy atom. The average Bonchev–Trinajstić information content (AvgIpc) is 3.25. The van der Waals surface area contributed by atoms with Crippen molar-refractivity contribution in [3.8, 4) is 11.3 Å². The Hall–Kier alpha value is -2.90. The summed E-state index contributed by atoms with van der Waals surface area (Å²) in [4.78, 5) is 28.8. The molecule has 2 heterocycles. The Kier molecular flexibility index (Phi) is 7.71. The van der Waals surface area contributed by atoms with E-state index < -0.39 is 5.97 Å². The monoisotopic (exact) mass is 528 g/mol.